The molecular formula is C24H22. The first-order valence-electron chi connectivity index (χ1n) is 8.34. The molecule has 0 amide bonds. The van der Waals surface area contributed by atoms with E-state index in [1.54, 1.807) is 0 Å². The van der Waals surface area contributed by atoms with E-state index in [4.69, 9.17) is 0 Å². The minimum atomic E-state index is 0.319. The molecule has 3 aromatic carbocycles. The van der Waals surface area contributed by atoms with Crippen LogP contribution in [0.3, 0.4) is 0 Å². The summed E-state index contributed by atoms with van der Waals surface area (Å²) in [4.78, 5) is 0. The Morgan fingerprint density at radius 2 is 1.29 bits per heavy atom. The highest BCUT2D eigenvalue weighted by molar-refractivity contribution is 5.65. The second kappa shape index (κ2) is 8.12. The third-order valence-corrected chi connectivity index (χ3v) is 4.20. The van der Waals surface area contributed by atoms with Crippen molar-refractivity contribution in [3.05, 3.63) is 120 Å². The van der Waals surface area contributed by atoms with E-state index in [0.29, 0.717) is 5.92 Å². The van der Waals surface area contributed by atoms with E-state index in [0.717, 1.165) is 6.42 Å². The fourth-order valence-electron chi connectivity index (χ4n) is 2.85. The maximum absolute atomic E-state index is 4.31. The van der Waals surface area contributed by atoms with E-state index in [9.17, 15) is 0 Å². The number of hydrogen-bond donors (Lipinski definition) is 0. The number of rotatable bonds is 6. The van der Waals surface area contributed by atoms with Crippen molar-refractivity contribution in [3.63, 3.8) is 0 Å². The average molecular weight is 310 g/mol. The van der Waals surface area contributed by atoms with Crippen LogP contribution in [-0.4, -0.2) is 0 Å². The van der Waals surface area contributed by atoms with Crippen LogP contribution in [0.15, 0.2) is 104 Å². The highest BCUT2D eigenvalue weighted by atomic mass is 14.1. The predicted octanol–water partition coefficient (Wildman–Crippen LogP) is 6.59. The monoisotopic (exact) mass is 310 g/mol. The van der Waals surface area contributed by atoms with Crippen molar-refractivity contribution in [2.45, 2.75) is 12.3 Å². The number of allylic oxidation sites excluding steroid dienone is 2. The van der Waals surface area contributed by atoms with Crippen molar-refractivity contribution < 1.29 is 0 Å². The second-order valence-corrected chi connectivity index (χ2v) is 5.96. The third kappa shape index (κ3) is 4.33. The maximum atomic E-state index is 4.31. The van der Waals surface area contributed by atoms with Gasteiger partial charge in [0.05, 0.1) is 0 Å². The molecule has 118 valence electrons. The molecule has 3 aromatic rings. The van der Waals surface area contributed by atoms with Gasteiger partial charge in [-0.25, -0.2) is 0 Å². The largest absolute Gasteiger partial charge is 0.0952 e. The lowest BCUT2D eigenvalue weighted by Gasteiger charge is -2.15. The fraction of sp³-hybridized carbons (Fsp3) is 0.0833. The molecule has 0 fully saturated rings. The zero-order valence-corrected chi connectivity index (χ0v) is 13.8. The molecular weight excluding hydrogens is 288 g/mol. The molecule has 1 unspecified atom stereocenters. The molecule has 0 aliphatic heterocycles. The summed E-state index contributed by atoms with van der Waals surface area (Å²) in [6.07, 6.45) is 5.41. The van der Waals surface area contributed by atoms with Gasteiger partial charge in [0.15, 0.2) is 0 Å². The molecule has 0 heteroatoms. The summed E-state index contributed by atoms with van der Waals surface area (Å²) in [5, 5.41) is 0. The van der Waals surface area contributed by atoms with E-state index in [1.807, 2.05) is 12.1 Å². The van der Waals surface area contributed by atoms with Gasteiger partial charge in [0.2, 0.25) is 0 Å². The predicted molar refractivity (Wildman–Crippen MR) is 105 cm³/mol. The molecule has 0 aromatic heterocycles. The highest BCUT2D eigenvalue weighted by Gasteiger charge is 2.10. The minimum Gasteiger partial charge on any atom is -0.0952 e. The average Bonchev–Trinajstić information content (AvgIpc) is 2.67. The molecule has 3 rings (SSSR count). The van der Waals surface area contributed by atoms with E-state index in [-0.39, 0.29) is 0 Å². The molecule has 0 aliphatic rings. The third-order valence-electron chi connectivity index (χ3n) is 4.20. The Morgan fingerprint density at radius 3 is 1.92 bits per heavy atom. The molecule has 0 N–H and O–H groups in total. The van der Waals surface area contributed by atoms with Gasteiger partial charge in [-0.05, 0) is 28.7 Å². The topological polar surface area (TPSA) is 0 Å². The number of hydrogen-bond acceptors (Lipinski definition) is 0. The van der Waals surface area contributed by atoms with Crippen molar-refractivity contribution in [2.75, 3.05) is 0 Å². The zero-order valence-electron chi connectivity index (χ0n) is 13.8. The van der Waals surface area contributed by atoms with Crippen LogP contribution in [0.25, 0.3) is 11.6 Å². The standard InChI is InChI=1S/C24H22/c1-20(22-13-7-3-8-14-22)19-24(23-15-9-4-10-16-23)18-17-21-11-5-2-6-12-21/h2-18,24H,1,19H2/b18-17+. The van der Waals surface area contributed by atoms with E-state index in [1.165, 1.54) is 22.3 Å². The van der Waals surface area contributed by atoms with Crippen LogP contribution < -0.4 is 0 Å². The van der Waals surface area contributed by atoms with Gasteiger partial charge in [-0.3, -0.25) is 0 Å². The molecule has 0 bridgehead atoms. The van der Waals surface area contributed by atoms with Crippen LogP contribution in [0.2, 0.25) is 0 Å². The van der Waals surface area contributed by atoms with E-state index in [2.05, 4.69) is 97.6 Å². The summed E-state index contributed by atoms with van der Waals surface area (Å²) in [6, 6.07) is 31.5. The fourth-order valence-corrected chi connectivity index (χ4v) is 2.85. The van der Waals surface area contributed by atoms with Crippen LogP contribution in [0.4, 0.5) is 0 Å². The Hall–Kier alpha value is -2.86. The summed E-state index contributed by atoms with van der Waals surface area (Å²) < 4.78 is 0. The molecule has 0 nitrogen and oxygen atoms in total. The molecule has 0 saturated heterocycles. The van der Waals surface area contributed by atoms with Crippen molar-refractivity contribution in [1.82, 2.24) is 0 Å². The smallest absolute Gasteiger partial charge is 0.00617 e. The van der Waals surface area contributed by atoms with Crippen LogP contribution in [0, 0.1) is 0 Å². The Balaban J connectivity index is 1.83. The normalized spacial score (nSPS) is 12.2. The van der Waals surface area contributed by atoms with Gasteiger partial charge in [-0.15, -0.1) is 0 Å². The summed E-state index contributed by atoms with van der Waals surface area (Å²) in [5.74, 6) is 0.319. The molecule has 0 saturated carbocycles. The van der Waals surface area contributed by atoms with Gasteiger partial charge in [0.25, 0.3) is 0 Å². The van der Waals surface area contributed by atoms with Crippen molar-refractivity contribution in [2.24, 2.45) is 0 Å². The Morgan fingerprint density at radius 1 is 0.750 bits per heavy atom. The Labute approximate surface area is 144 Å². The SMILES string of the molecule is C=C(CC(/C=C/c1ccccc1)c1ccccc1)c1ccccc1. The van der Waals surface area contributed by atoms with Crippen molar-refractivity contribution in [1.29, 1.82) is 0 Å². The lowest BCUT2D eigenvalue weighted by Crippen LogP contribution is -1.97. The lowest BCUT2D eigenvalue weighted by molar-refractivity contribution is 0.881. The molecule has 0 radical (unpaired) electrons. The summed E-state index contributed by atoms with van der Waals surface area (Å²) in [5.41, 5.74) is 4.93. The Kier molecular flexibility index (Phi) is 5.42. The number of benzene rings is 3. The quantitative estimate of drug-likeness (QED) is 0.482. The van der Waals surface area contributed by atoms with Gasteiger partial charge >= 0.3 is 0 Å². The minimum absolute atomic E-state index is 0.319. The van der Waals surface area contributed by atoms with Gasteiger partial charge < -0.3 is 0 Å². The molecule has 0 aliphatic carbocycles. The summed E-state index contributed by atoms with van der Waals surface area (Å²) >= 11 is 0. The zero-order chi connectivity index (χ0) is 16.6. The van der Waals surface area contributed by atoms with Crippen LogP contribution in [0.5, 0.6) is 0 Å². The molecule has 24 heavy (non-hydrogen) atoms. The van der Waals surface area contributed by atoms with Crippen molar-refractivity contribution >= 4 is 11.6 Å². The van der Waals surface area contributed by atoms with Crippen LogP contribution in [-0.2, 0) is 0 Å². The Bertz CT molecular complexity index is 783. The molecule has 1 atom stereocenters. The van der Waals surface area contributed by atoms with Crippen LogP contribution in [0.1, 0.15) is 29.0 Å². The first-order valence-corrected chi connectivity index (χ1v) is 8.34. The van der Waals surface area contributed by atoms with Gasteiger partial charge in [-0.1, -0.05) is 110 Å². The maximum Gasteiger partial charge on any atom is 0.00617 e. The first kappa shape index (κ1) is 16.0. The molecule has 0 heterocycles. The van der Waals surface area contributed by atoms with Gasteiger partial charge in [-0.2, -0.15) is 0 Å². The van der Waals surface area contributed by atoms with Gasteiger partial charge in [0, 0.05) is 5.92 Å². The van der Waals surface area contributed by atoms with Crippen molar-refractivity contribution in [3.8, 4) is 0 Å². The van der Waals surface area contributed by atoms with E-state index < -0.39 is 0 Å². The van der Waals surface area contributed by atoms with E-state index >= 15 is 0 Å². The molecule has 0 spiro atoms. The lowest BCUT2D eigenvalue weighted by atomic mass is 9.89. The van der Waals surface area contributed by atoms with Crippen LogP contribution >= 0.6 is 0 Å². The summed E-state index contributed by atoms with van der Waals surface area (Å²) in [6.45, 7) is 4.31. The highest BCUT2D eigenvalue weighted by Crippen LogP contribution is 2.29. The summed E-state index contributed by atoms with van der Waals surface area (Å²) in [7, 11) is 0. The van der Waals surface area contributed by atoms with Gasteiger partial charge in [0.1, 0.15) is 0 Å². The first-order chi connectivity index (χ1) is 11.8. The second-order valence-electron chi connectivity index (χ2n) is 5.96.